The van der Waals surface area contributed by atoms with Crippen LogP contribution in [-0.2, 0) is 9.53 Å². The van der Waals surface area contributed by atoms with Gasteiger partial charge in [0.05, 0.1) is 23.2 Å². The Hall–Kier alpha value is -3.10. The van der Waals surface area contributed by atoms with E-state index in [0.717, 1.165) is 34.0 Å². The van der Waals surface area contributed by atoms with Crippen LogP contribution in [0.15, 0.2) is 76.2 Å². The van der Waals surface area contributed by atoms with Gasteiger partial charge in [0.25, 0.3) is 5.91 Å². The predicted octanol–water partition coefficient (Wildman–Crippen LogP) is 5.31. The number of thioether (sulfide) groups is 1. The number of hydrogen-bond donors (Lipinski definition) is 2. The summed E-state index contributed by atoms with van der Waals surface area (Å²) in [6.07, 6.45) is 0. The second-order valence-electron chi connectivity index (χ2n) is 6.38. The Morgan fingerprint density at radius 2 is 1.93 bits per heavy atom. The van der Waals surface area contributed by atoms with E-state index in [1.165, 1.54) is 0 Å². The van der Waals surface area contributed by atoms with Crippen molar-refractivity contribution in [3.63, 3.8) is 0 Å². The van der Waals surface area contributed by atoms with Gasteiger partial charge in [0, 0.05) is 16.8 Å². The molecular weight excluding hydrogens is 416 g/mol. The second kappa shape index (κ2) is 9.60. The first kappa shape index (κ1) is 20.2. The van der Waals surface area contributed by atoms with Gasteiger partial charge in [-0.15, -0.1) is 23.1 Å². The number of hydrogen-bond acceptors (Lipinski definition) is 6. The van der Waals surface area contributed by atoms with Crippen LogP contribution in [0.4, 0.5) is 5.69 Å². The molecule has 30 heavy (non-hydrogen) atoms. The van der Waals surface area contributed by atoms with Crippen LogP contribution in [0.3, 0.4) is 0 Å². The van der Waals surface area contributed by atoms with E-state index in [4.69, 9.17) is 4.74 Å². The average Bonchev–Trinajstić information content (AvgIpc) is 3.45. The fourth-order valence-corrected chi connectivity index (χ4v) is 4.20. The molecule has 1 aliphatic rings. The third kappa shape index (κ3) is 4.90. The third-order valence-electron chi connectivity index (χ3n) is 4.27. The Bertz CT molecular complexity index is 1120. The maximum atomic E-state index is 11.9. The van der Waals surface area contributed by atoms with Gasteiger partial charge in [-0.05, 0) is 31.2 Å². The van der Waals surface area contributed by atoms with Gasteiger partial charge in [0.15, 0.2) is 5.82 Å². The zero-order valence-electron chi connectivity index (χ0n) is 16.3. The van der Waals surface area contributed by atoms with Crippen molar-refractivity contribution in [2.75, 3.05) is 17.7 Å². The molecule has 0 saturated carbocycles. The first-order valence-electron chi connectivity index (χ1n) is 9.37. The highest BCUT2D eigenvalue weighted by Gasteiger charge is 2.18. The number of anilines is 1. The van der Waals surface area contributed by atoms with Crippen molar-refractivity contribution in [2.45, 2.75) is 6.92 Å². The van der Waals surface area contributed by atoms with Gasteiger partial charge in [-0.2, -0.15) is 0 Å². The van der Waals surface area contributed by atoms with Gasteiger partial charge in [0.1, 0.15) is 16.4 Å². The maximum Gasteiger partial charge on any atom is 0.265 e. The van der Waals surface area contributed by atoms with Gasteiger partial charge in [-0.25, -0.2) is 9.97 Å². The highest BCUT2D eigenvalue weighted by atomic mass is 32.2. The Morgan fingerprint density at radius 1 is 1.13 bits per heavy atom. The molecule has 0 fully saturated rings. The molecule has 2 aromatic carbocycles. The van der Waals surface area contributed by atoms with Crippen molar-refractivity contribution in [2.24, 2.45) is 0 Å². The molecule has 3 heterocycles. The molecule has 2 N–H and O–H groups in total. The van der Waals surface area contributed by atoms with E-state index < -0.39 is 0 Å². The summed E-state index contributed by atoms with van der Waals surface area (Å²) in [7, 11) is 0. The standard InChI is InChI=1S/C12H13NO2S.C10H7N3S/c1-9-11(16-8-7-15-9)12(14)13-10-5-3-2-4-6-10;1-2-4-8-7(3-1)12-10(13-8)9-5-14-6-11-9/h2-6H,7-8H2,1H3,(H,13,14);1-6H,(H,12,13). The molecule has 1 aliphatic heterocycles. The van der Waals surface area contributed by atoms with Gasteiger partial charge in [-0.3, -0.25) is 4.79 Å². The fourth-order valence-electron chi connectivity index (χ4n) is 2.84. The Labute approximate surface area is 182 Å². The minimum Gasteiger partial charge on any atom is -0.496 e. The van der Waals surface area contributed by atoms with Crippen molar-refractivity contribution < 1.29 is 9.53 Å². The number of nitrogens with one attached hydrogen (secondary N) is 2. The van der Waals surface area contributed by atoms with E-state index in [1.807, 2.05) is 72.4 Å². The van der Waals surface area contributed by atoms with E-state index >= 15 is 0 Å². The summed E-state index contributed by atoms with van der Waals surface area (Å²) < 4.78 is 5.35. The molecule has 0 saturated heterocycles. The Morgan fingerprint density at radius 3 is 2.67 bits per heavy atom. The van der Waals surface area contributed by atoms with Crippen molar-refractivity contribution in [1.29, 1.82) is 0 Å². The number of allylic oxidation sites excluding steroid dienone is 1. The number of nitrogens with zero attached hydrogens (tertiary/aromatic N) is 2. The first-order valence-corrected chi connectivity index (χ1v) is 11.3. The van der Waals surface area contributed by atoms with E-state index in [1.54, 1.807) is 23.1 Å². The third-order valence-corrected chi connectivity index (χ3v) is 5.99. The highest BCUT2D eigenvalue weighted by molar-refractivity contribution is 8.04. The summed E-state index contributed by atoms with van der Waals surface area (Å²) in [6, 6.07) is 17.4. The van der Waals surface area contributed by atoms with Crippen molar-refractivity contribution in [3.05, 3.63) is 76.2 Å². The summed E-state index contributed by atoms with van der Waals surface area (Å²) >= 11 is 3.11. The van der Waals surface area contributed by atoms with Crippen LogP contribution in [0.5, 0.6) is 0 Å². The molecule has 1 amide bonds. The summed E-state index contributed by atoms with van der Waals surface area (Å²) in [4.78, 5) is 24.5. The van der Waals surface area contributed by atoms with E-state index in [0.29, 0.717) is 17.3 Å². The van der Waals surface area contributed by atoms with E-state index in [-0.39, 0.29) is 5.91 Å². The molecule has 152 valence electrons. The van der Waals surface area contributed by atoms with Crippen molar-refractivity contribution >= 4 is 45.7 Å². The largest absolute Gasteiger partial charge is 0.496 e. The number of aromatic amines is 1. The number of para-hydroxylation sites is 3. The van der Waals surface area contributed by atoms with Gasteiger partial charge in [-0.1, -0.05) is 30.3 Å². The number of imidazole rings is 1. The predicted molar refractivity (Wildman–Crippen MR) is 123 cm³/mol. The molecule has 0 aliphatic carbocycles. The molecule has 2 aromatic heterocycles. The number of rotatable bonds is 3. The Balaban J connectivity index is 0.000000146. The van der Waals surface area contributed by atoms with Crippen LogP contribution in [0.25, 0.3) is 22.6 Å². The molecule has 0 unspecified atom stereocenters. The fraction of sp³-hybridized carbons (Fsp3) is 0.136. The van der Waals surface area contributed by atoms with Crippen LogP contribution in [-0.4, -0.2) is 33.2 Å². The van der Waals surface area contributed by atoms with Crippen LogP contribution in [0, 0.1) is 0 Å². The minimum atomic E-state index is -0.0894. The second-order valence-corrected chi connectivity index (χ2v) is 8.20. The van der Waals surface area contributed by atoms with Crippen LogP contribution in [0.2, 0.25) is 0 Å². The maximum absolute atomic E-state index is 11.9. The van der Waals surface area contributed by atoms with Crippen LogP contribution >= 0.6 is 23.1 Å². The minimum absolute atomic E-state index is 0.0894. The lowest BCUT2D eigenvalue weighted by molar-refractivity contribution is -0.112. The number of H-pyrrole nitrogens is 1. The lowest BCUT2D eigenvalue weighted by Crippen LogP contribution is -2.18. The molecule has 0 atom stereocenters. The smallest absolute Gasteiger partial charge is 0.265 e. The quantitative estimate of drug-likeness (QED) is 0.455. The van der Waals surface area contributed by atoms with Crippen LogP contribution < -0.4 is 5.32 Å². The number of aromatic nitrogens is 3. The topological polar surface area (TPSA) is 79.9 Å². The lowest BCUT2D eigenvalue weighted by atomic mass is 10.3. The summed E-state index contributed by atoms with van der Waals surface area (Å²) in [6.45, 7) is 2.50. The SMILES string of the molecule is CC1=C(C(=O)Nc2ccccc2)SCCO1.c1ccc2[nH]c(-c3cscn3)nc2c1. The normalized spacial score (nSPS) is 13.4. The molecule has 4 aromatic rings. The number of benzene rings is 2. The summed E-state index contributed by atoms with van der Waals surface area (Å²) in [5, 5.41) is 4.83. The van der Waals surface area contributed by atoms with Crippen molar-refractivity contribution in [3.8, 4) is 11.5 Å². The number of carbonyl (C=O) groups excluding carboxylic acids is 1. The number of thiazole rings is 1. The van der Waals surface area contributed by atoms with E-state index in [9.17, 15) is 4.79 Å². The first-order chi connectivity index (χ1) is 14.7. The lowest BCUT2D eigenvalue weighted by Gasteiger charge is -2.17. The van der Waals surface area contributed by atoms with E-state index in [2.05, 4.69) is 20.3 Å². The number of carbonyl (C=O) groups is 1. The Kier molecular flexibility index (Phi) is 6.46. The molecule has 0 radical (unpaired) electrons. The average molecular weight is 437 g/mol. The molecule has 6 nitrogen and oxygen atoms in total. The molecular formula is C22H20N4O2S2. The van der Waals surface area contributed by atoms with Crippen LogP contribution in [0.1, 0.15) is 6.92 Å². The van der Waals surface area contributed by atoms with Gasteiger partial charge in [0.2, 0.25) is 0 Å². The highest BCUT2D eigenvalue weighted by Crippen LogP contribution is 2.26. The number of fused-ring (bicyclic) bond motifs is 1. The van der Waals surface area contributed by atoms with Crippen molar-refractivity contribution in [1.82, 2.24) is 15.0 Å². The molecule has 0 spiro atoms. The summed E-state index contributed by atoms with van der Waals surface area (Å²) in [5.74, 6) is 2.29. The monoisotopic (exact) mass is 436 g/mol. The van der Waals surface area contributed by atoms with Gasteiger partial charge < -0.3 is 15.0 Å². The zero-order valence-corrected chi connectivity index (χ0v) is 17.9. The number of ether oxygens (including phenoxy) is 1. The zero-order chi connectivity index (χ0) is 20.8. The molecule has 0 bridgehead atoms. The summed E-state index contributed by atoms with van der Waals surface area (Å²) in [5.41, 5.74) is 5.55. The number of amides is 1. The molecule has 5 rings (SSSR count). The van der Waals surface area contributed by atoms with Gasteiger partial charge >= 0.3 is 0 Å². The molecule has 8 heteroatoms.